The van der Waals surface area contributed by atoms with E-state index in [0.717, 1.165) is 35.8 Å². The summed E-state index contributed by atoms with van der Waals surface area (Å²) >= 11 is 0. The zero-order valence-electron chi connectivity index (χ0n) is 35.8. The Hall–Kier alpha value is -3.06. The second-order valence-corrected chi connectivity index (χ2v) is 20.7. The average Bonchev–Trinajstić information content (AvgIpc) is 3.07. The van der Waals surface area contributed by atoms with Gasteiger partial charge in [-0.25, -0.2) is 0 Å². The van der Waals surface area contributed by atoms with Crippen molar-refractivity contribution in [1.82, 2.24) is 0 Å². The van der Waals surface area contributed by atoms with Gasteiger partial charge in [0, 0.05) is 0 Å². The lowest BCUT2D eigenvalue weighted by atomic mass is 9.69. The van der Waals surface area contributed by atoms with Gasteiger partial charge in [0.1, 0.15) is 23.0 Å². The molecule has 0 amide bonds. The van der Waals surface area contributed by atoms with Gasteiger partial charge < -0.3 is 18.9 Å². The molecule has 4 aromatic rings. The number of rotatable bonds is 15. The van der Waals surface area contributed by atoms with Crippen LogP contribution in [-0.4, -0.2) is 39.8 Å². The number of benzene rings is 4. The van der Waals surface area contributed by atoms with E-state index in [1.54, 1.807) is 28.4 Å². The fourth-order valence-electron chi connectivity index (χ4n) is 9.68. The molecule has 0 aliphatic heterocycles. The molecular formula is C47H66O4P2. The predicted octanol–water partition coefficient (Wildman–Crippen LogP) is 11.0. The van der Waals surface area contributed by atoms with Gasteiger partial charge in [-0.1, -0.05) is 41.0 Å². The van der Waals surface area contributed by atoms with Crippen LogP contribution in [0.4, 0.5) is 0 Å². The highest BCUT2D eigenvalue weighted by molar-refractivity contribution is 7.74. The van der Waals surface area contributed by atoms with Crippen LogP contribution in [0.15, 0.2) is 48.5 Å². The van der Waals surface area contributed by atoms with Crippen LogP contribution in [0.25, 0.3) is 0 Å². The quantitative estimate of drug-likeness (QED) is 0.113. The van der Waals surface area contributed by atoms with Gasteiger partial charge in [0.05, 0.1) is 28.4 Å². The summed E-state index contributed by atoms with van der Waals surface area (Å²) in [7, 11) is 5.51. The topological polar surface area (TPSA) is 36.9 Å². The Morgan fingerprint density at radius 1 is 0.434 bits per heavy atom. The van der Waals surface area contributed by atoms with Crippen molar-refractivity contribution in [1.29, 1.82) is 0 Å². The van der Waals surface area contributed by atoms with Crippen LogP contribution >= 0.6 is 15.8 Å². The van der Waals surface area contributed by atoms with Crippen molar-refractivity contribution >= 4 is 37.1 Å². The van der Waals surface area contributed by atoms with Gasteiger partial charge in [-0.15, -0.1) is 0 Å². The van der Waals surface area contributed by atoms with Gasteiger partial charge in [0.2, 0.25) is 0 Å². The van der Waals surface area contributed by atoms with Crippen molar-refractivity contribution in [2.45, 2.75) is 114 Å². The Labute approximate surface area is 324 Å². The maximum atomic E-state index is 5.90. The molecule has 0 heterocycles. The minimum atomic E-state index is -0.820. The summed E-state index contributed by atoms with van der Waals surface area (Å²) in [6.07, 6.45) is 2.25. The van der Waals surface area contributed by atoms with E-state index in [1.807, 2.05) is 0 Å². The fraction of sp³-hybridized carbons (Fsp3) is 0.489. The molecule has 0 aliphatic carbocycles. The van der Waals surface area contributed by atoms with Gasteiger partial charge in [0.15, 0.2) is 0 Å². The molecule has 288 valence electrons. The van der Waals surface area contributed by atoms with Gasteiger partial charge in [-0.2, -0.15) is 0 Å². The minimum Gasteiger partial charge on any atom is -0.496 e. The largest absolute Gasteiger partial charge is 0.496 e. The summed E-state index contributed by atoms with van der Waals surface area (Å²) < 4.78 is 23.6. The molecule has 2 atom stereocenters. The van der Waals surface area contributed by atoms with E-state index in [-0.39, 0.29) is 5.41 Å². The Morgan fingerprint density at radius 2 is 0.642 bits per heavy atom. The first-order chi connectivity index (χ1) is 25.0. The summed E-state index contributed by atoms with van der Waals surface area (Å²) in [6, 6.07) is 19.3. The highest BCUT2D eigenvalue weighted by atomic mass is 31.1. The van der Waals surface area contributed by atoms with E-state index in [4.69, 9.17) is 18.9 Å². The number of aryl methyl sites for hydroxylation is 8. The van der Waals surface area contributed by atoms with E-state index in [0.29, 0.717) is 17.2 Å². The molecule has 4 nitrogen and oxygen atoms in total. The molecule has 0 radical (unpaired) electrons. The number of ether oxygens (including phenoxy) is 4. The molecule has 53 heavy (non-hydrogen) atoms. The van der Waals surface area contributed by atoms with Crippen LogP contribution in [-0.2, 0) is 0 Å². The number of methoxy groups -OCH3 is 4. The zero-order chi connectivity index (χ0) is 39.5. The Bertz CT molecular complexity index is 1570. The molecule has 0 saturated carbocycles. The second-order valence-electron chi connectivity index (χ2n) is 15.6. The predicted molar refractivity (Wildman–Crippen MR) is 233 cm³/mol. The molecule has 0 aromatic heterocycles. The Morgan fingerprint density at radius 3 is 0.792 bits per heavy atom. The van der Waals surface area contributed by atoms with Crippen molar-refractivity contribution in [2.75, 3.05) is 28.4 Å². The first kappa shape index (κ1) is 42.7. The highest BCUT2D eigenvalue weighted by Gasteiger charge is 2.50. The fourth-order valence-corrected chi connectivity index (χ4v) is 17.1. The van der Waals surface area contributed by atoms with Crippen molar-refractivity contribution in [3.8, 4) is 23.0 Å². The smallest absolute Gasteiger partial charge is 0.124 e. The van der Waals surface area contributed by atoms with Crippen LogP contribution in [0, 0.1) is 66.7 Å². The van der Waals surface area contributed by atoms with E-state index >= 15 is 0 Å². The van der Waals surface area contributed by atoms with E-state index in [9.17, 15) is 0 Å². The molecule has 0 aliphatic rings. The van der Waals surface area contributed by atoms with Gasteiger partial charge >= 0.3 is 0 Å². The van der Waals surface area contributed by atoms with E-state index in [2.05, 4.69) is 139 Å². The van der Waals surface area contributed by atoms with Crippen LogP contribution in [0.1, 0.15) is 92.0 Å². The lowest BCUT2D eigenvalue weighted by Crippen LogP contribution is -2.49. The second kappa shape index (κ2) is 17.6. The average molecular weight is 757 g/mol. The third-order valence-electron chi connectivity index (χ3n) is 11.8. The molecule has 0 fully saturated rings. The molecule has 0 saturated heterocycles. The Kier molecular flexibility index (Phi) is 14.2. The van der Waals surface area contributed by atoms with Crippen molar-refractivity contribution < 1.29 is 18.9 Å². The first-order valence-electron chi connectivity index (χ1n) is 19.2. The molecule has 4 rings (SSSR count). The van der Waals surface area contributed by atoms with Crippen LogP contribution in [0.2, 0.25) is 0 Å². The summed E-state index contributed by atoms with van der Waals surface area (Å²) in [4.78, 5) is 0. The van der Waals surface area contributed by atoms with Crippen LogP contribution in [0.5, 0.6) is 23.0 Å². The monoisotopic (exact) mass is 756 g/mol. The lowest BCUT2D eigenvalue weighted by Gasteiger charge is -2.53. The molecule has 6 heteroatoms. The molecule has 2 unspecified atom stereocenters. The molecular weight excluding hydrogens is 690 g/mol. The highest BCUT2D eigenvalue weighted by Crippen LogP contribution is 2.62. The maximum absolute atomic E-state index is 5.90. The normalized spacial score (nSPS) is 14.0. The standard InChI is InChI=1S/C47H66O4P2/c1-18-19-47(28(2)3,37(12)52(39-20-29(4)43(48-14)30(5)21-39)40-22-31(6)44(49-15)32(7)23-40)38(13)53(41-24-33(8)45(50-16)34(9)25-41)42-26-35(10)46(51-17)36(11)27-42/h20-28,37-38H,18-19H2,1-17H3. The lowest BCUT2D eigenvalue weighted by molar-refractivity contribution is 0.165. The summed E-state index contributed by atoms with van der Waals surface area (Å²) in [6.45, 7) is 30.1. The van der Waals surface area contributed by atoms with Crippen LogP contribution in [0.3, 0.4) is 0 Å². The first-order valence-corrected chi connectivity index (χ1v) is 22.0. The third-order valence-corrected chi connectivity index (χ3v) is 17.6. The molecule has 0 spiro atoms. The number of hydrogen-bond donors (Lipinski definition) is 0. The van der Waals surface area contributed by atoms with Crippen molar-refractivity contribution in [2.24, 2.45) is 11.3 Å². The van der Waals surface area contributed by atoms with Gasteiger partial charge in [-0.3, -0.25) is 0 Å². The zero-order valence-corrected chi connectivity index (χ0v) is 37.6. The van der Waals surface area contributed by atoms with Gasteiger partial charge in [0.25, 0.3) is 0 Å². The van der Waals surface area contributed by atoms with E-state index in [1.165, 1.54) is 65.7 Å². The van der Waals surface area contributed by atoms with Gasteiger partial charge in [-0.05, 0) is 215 Å². The maximum Gasteiger partial charge on any atom is 0.124 e. The molecule has 0 N–H and O–H groups in total. The Balaban J connectivity index is 2.11. The number of hydrogen-bond acceptors (Lipinski definition) is 4. The summed E-state index contributed by atoms with van der Waals surface area (Å²) in [5, 5.41) is 5.66. The SMILES string of the molecule is CCCC(C(C)C)(C(C)P(c1cc(C)c(OC)c(C)c1)c1cc(C)c(OC)c(C)c1)C(C)P(c1cc(C)c(OC)c(C)c1)c1cc(C)c(OC)c(C)c1. The van der Waals surface area contributed by atoms with Crippen molar-refractivity contribution in [3.05, 3.63) is 93.0 Å². The molecule has 0 bridgehead atoms. The van der Waals surface area contributed by atoms with E-state index < -0.39 is 15.8 Å². The van der Waals surface area contributed by atoms with Crippen molar-refractivity contribution in [3.63, 3.8) is 0 Å². The summed E-state index contributed by atoms with van der Waals surface area (Å²) in [5.74, 6) is 4.34. The summed E-state index contributed by atoms with van der Waals surface area (Å²) in [5.41, 5.74) is 10.2. The third kappa shape index (κ3) is 8.16. The molecule has 4 aromatic carbocycles. The van der Waals surface area contributed by atoms with Crippen LogP contribution < -0.4 is 40.2 Å². The minimum absolute atomic E-state index is 0.0148.